The second kappa shape index (κ2) is 10.2. The molecule has 0 radical (unpaired) electrons. The molecule has 0 nitrogen and oxygen atoms in total. The Bertz CT molecular complexity index is 546. The summed E-state index contributed by atoms with van der Waals surface area (Å²) in [6.45, 7) is 0. The molecular weight excluding hydrogens is 359 g/mol. The van der Waals surface area contributed by atoms with Gasteiger partial charge in [-0.2, -0.15) is 0 Å². The molecule has 1 aromatic rings. The molecule has 1 aromatic carbocycles. The van der Waals surface area contributed by atoms with Crippen molar-refractivity contribution in [1.82, 2.24) is 0 Å². The minimum absolute atomic E-state index is 0.515. The number of benzene rings is 1. The topological polar surface area (TPSA) is 0 Å². The Morgan fingerprint density at radius 2 is 1.54 bits per heavy atom. The van der Waals surface area contributed by atoms with E-state index in [4.69, 9.17) is 23.2 Å². The van der Waals surface area contributed by atoms with Crippen molar-refractivity contribution in [1.29, 1.82) is 0 Å². The number of rotatable bonds is 7. The molecule has 0 saturated heterocycles. The van der Waals surface area contributed by atoms with Crippen molar-refractivity contribution >= 4 is 23.2 Å². The Morgan fingerprint density at radius 1 is 0.885 bits per heavy atom. The van der Waals surface area contributed by atoms with Gasteiger partial charge in [-0.15, -0.1) is 0 Å². The Labute approximate surface area is 170 Å². The van der Waals surface area contributed by atoms with Gasteiger partial charge in [0.15, 0.2) is 0 Å². The van der Waals surface area contributed by atoms with Gasteiger partial charge in [-0.3, -0.25) is 0 Å². The summed E-state index contributed by atoms with van der Waals surface area (Å²) in [7, 11) is 0. The Morgan fingerprint density at radius 3 is 2.19 bits per heavy atom. The van der Waals surface area contributed by atoms with Crippen LogP contribution in [0.15, 0.2) is 35.9 Å². The van der Waals surface area contributed by atoms with Gasteiger partial charge in [0.1, 0.15) is 0 Å². The maximum absolute atomic E-state index is 6.04. The summed E-state index contributed by atoms with van der Waals surface area (Å²) in [5.74, 6) is 2.03. The SMILES string of the molecule is ClC=CCCC1(CCc2ccc(Cl)cc2)CCC(C2CCCCC2)CC1. The lowest BCUT2D eigenvalue weighted by Crippen LogP contribution is -2.31. The number of hydrogen-bond donors (Lipinski definition) is 0. The number of halogens is 2. The average molecular weight is 393 g/mol. The molecule has 144 valence electrons. The van der Waals surface area contributed by atoms with E-state index in [0.717, 1.165) is 23.3 Å². The van der Waals surface area contributed by atoms with Crippen LogP contribution in [0.5, 0.6) is 0 Å². The van der Waals surface area contributed by atoms with Crippen molar-refractivity contribution in [3.63, 3.8) is 0 Å². The first-order valence-electron chi connectivity index (χ1n) is 10.7. The highest BCUT2D eigenvalue weighted by atomic mass is 35.5. The fourth-order valence-corrected chi connectivity index (χ4v) is 5.72. The van der Waals surface area contributed by atoms with E-state index in [1.165, 1.54) is 82.6 Å². The predicted molar refractivity (Wildman–Crippen MR) is 115 cm³/mol. The molecule has 2 fully saturated rings. The molecule has 0 unspecified atom stereocenters. The molecule has 0 aliphatic heterocycles. The van der Waals surface area contributed by atoms with Gasteiger partial charge < -0.3 is 0 Å². The van der Waals surface area contributed by atoms with Gasteiger partial charge in [0.25, 0.3) is 0 Å². The average Bonchev–Trinajstić information content (AvgIpc) is 2.69. The van der Waals surface area contributed by atoms with Gasteiger partial charge in [-0.25, -0.2) is 0 Å². The third kappa shape index (κ3) is 5.77. The van der Waals surface area contributed by atoms with Crippen LogP contribution in [-0.4, -0.2) is 0 Å². The molecule has 0 amide bonds. The van der Waals surface area contributed by atoms with Gasteiger partial charge in [0.2, 0.25) is 0 Å². The van der Waals surface area contributed by atoms with E-state index in [9.17, 15) is 0 Å². The molecule has 0 atom stereocenters. The van der Waals surface area contributed by atoms with Crippen LogP contribution in [0.25, 0.3) is 0 Å². The summed E-state index contributed by atoms with van der Waals surface area (Å²) < 4.78 is 0. The van der Waals surface area contributed by atoms with E-state index in [0.29, 0.717) is 5.41 Å². The van der Waals surface area contributed by atoms with Crippen LogP contribution in [-0.2, 0) is 6.42 Å². The van der Waals surface area contributed by atoms with E-state index in [-0.39, 0.29) is 0 Å². The molecule has 2 aliphatic rings. The van der Waals surface area contributed by atoms with Crippen LogP contribution in [0.3, 0.4) is 0 Å². The smallest absolute Gasteiger partial charge is 0.0406 e. The first-order valence-corrected chi connectivity index (χ1v) is 11.5. The van der Waals surface area contributed by atoms with E-state index in [1.807, 2.05) is 12.1 Å². The van der Waals surface area contributed by atoms with Gasteiger partial charge >= 0.3 is 0 Å². The molecule has 0 aromatic heterocycles. The second-order valence-electron chi connectivity index (χ2n) is 8.76. The zero-order valence-corrected chi connectivity index (χ0v) is 17.6. The van der Waals surface area contributed by atoms with Crippen molar-refractivity contribution in [3.05, 3.63) is 46.5 Å². The first-order chi connectivity index (χ1) is 12.7. The molecule has 2 heteroatoms. The molecular formula is C24H34Cl2. The normalized spacial score (nSPS) is 27.8. The summed E-state index contributed by atoms with van der Waals surface area (Å²) >= 11 is 11.8. The molecule has 2 saturated carbocycles. The Balaban J connectivity index is 1.58. The van der Waals surface area contributed by atoms with Crippen molar-refractivity contribution in [2.75, 3.05) is 0 Å². The van der Waals surface area contributed by atoms with E-state index in [2.05, 4.69) is 18.2 Å². The molecule has 3 rings (SSSR count). The van der Waals surface area contributed by atoms with Crippen molar-refractivity contribution in [2.45, 2.75) is 83.5 Å². The summed E-state index contributed by atoms with van der Waals surface area (Å²) in [5, 5.41) is 0.837. The van der Waals surface area contributed by atoms with Crippen LogP contribution >= 0.6 is 23.2 Å². The highest BCUT2D eigenvalue weighted by Crippen LogP contribution is 2.49. The third-order valence-corrected chi connectivity index (χ3v) is 7.63. The minimum Gasteiger partial charge on any atom is -0.0933 e. The Kier molecular flexibility index (Phi) is 7.94. The zero-order valence-electron chi connectivity index (χ0n) is 16.1. The number of allylic oxidation sites excluding steroid dienone is 1. The molecule has 0 spiro atoms. The highest BCUT2D eigenvalue weighted by Gasteiger charge is 2.36. The maximum Gasteiger partial charge on any atom is 0.0406 e. The lowest BCUT2D eigenvalue weighted by molar-refractivity contribution is 0.0869. The first kappa shape index (κ1) is 20.3. The standard InChI is InChI=1S/C24H34Cl2/c25-19-5-4-15-24(16-12-20-8-10-23(26)11-9-20)17-13-22(14-18-24)21-6-2-1-3-7-21/h5,8-11,19,21-22H,1-4,6-7,12-18H2. The maximum atomic E-state index is 6.04. The lowest BCUT2D eigenvalue weighted by Gasteiger charge is -2.43. The molecule has 0 heterocycles. The fraction of sp³-hybridized carbons (Fsp3) is 0.667. The third-order valence-electron chi connectivity index (χ3n) is 7.20. The number of aryl methyl sites for hydroxylation is 1. The van der Waals surface area contributed by atoms with Gasteiger partial charge in [-0.05, 0) is 86.3 Å². The van der Waals surface area contributed by atoms with Crippen molar-refractivity contribution < 1.29 is 0 Å². The van der Waals surface area contributed by atoms with Gasteiger partial charge in [0, 0.05) is 10.6 Å². The monoisotopic (exact) mass is 392 g/mol. The molecule has 0 bridgehead atoms. The summed E-state index contributed by atoms with van der Waals surface area (Å²) in [6, 6.07) is 8.45. The summed E-state index contributed by atoms with van der Waals surface area (Å²) in [4.78, 5) is 0. The minimum atomic E-state index is 0.515. The predicted octanol–water partition coefficient (Wildman–Crippen LogP) is 8.56. The zero-order chi connectivity index (χ0) is 18.2. The summed E-state index contributed by atoms with van der Waals surface area (Å²) in [5.41, 5.74) is 3.64. The van der Waals surface area contributed by atoms with Crippen LogP contribution in [0.1, 0.15) is 82.6 Å². The van der Waals surface area contributed by atoms with E-state index < -0.39 is 0 Å². The highest BCUT2D eigenvalue weighted by molar-refractivity contribution is 6.30. The Hall–Kier alpha value is -0.460. The van der Waals surface area contributed by atoms with Crippen LogP contribution in [0.2, 0.25) is 5.02 Å². The van der Waals surface area contributed by atoms with E-state index in [1.54, 1.807) is 5.54 Å². The molecule has 0 N–H and O–H groups in total. The van der Waals surface area contributed by atoms with Crippen LogP contribution < -0.4 is 0 Å². The van der Waals surface area contributed by atoms with Gasteiger partial charge in [-0.1, -0.05) is 73.5 Å². The van der Waals surface area contributed by atoms with Gasteiger partial charge in [0.05, 0.1) is 0 Å². The second-order valence-corrected chi connectivity index (χ2v) is 9.45. The lowest BCUT2D eigenvalue weighted by atomic mass is 9.62. The quantitative estimate of drug-likeness (QED) is 0.435. The number of hydrogen-bond acceptors (Lipinski definition) is 0. The van der Waals surface area contributed by atoms with Crippen LogP contribution in [0.4, 0.5) is 0 Å². The van der Waals surface area contributed by atoms with Crippen molar-refractivity contribution in [3.8, 4) is 0 Å². The summed E-state index contributed by atoms with van der Waals surface area (Å²) in [6.07, 6.45) is 20.2. The van der Waals surface area contributed by atoms with Crippen LogP contribution in [0, 0.1) is 17.3 Å². The van der Waals surface area contributed by atoms with Crippen molar-refractivity contribution in [2.24, 2.45) is 17.3 Å². The molecule has 2 aliphatic carbocycles. The molecule has 26 heavy (non-hydrogen) atoms. The van der Waals surface area contributed by atoms with E-state index >= 15 is 0 Å². The fourth-order valence-electron chi connectivity index (χ4n) is 5.47. The largest absolute Gasteiger partial charge is 0.0933 e.